The second-order valence-electron chi connectivity index (χ2n) is 5.58. The maximum absolute atomic E-state index is 13.6. The highest BCUT2D eigenvalue weighted by Gasteiger charge is 2.41. The quantitative estimate of drug-likeness (QED) is 0.788. The van der Waals surface area contributed by atoms with Gasteiger partial charge in [-0.25, -0.2) is 8.78 Å². The Hall–Kier alpha value is -1.32. The van der Waals surface area contributed by atoms with Gasteiger partial charge in [0.25, 0.3) is 0 Å². The van der Waals surface area contributed by atoms with Crippen molar-refractivity contribution < 1.29 is 8.78 Å². The normalized spacial score (nSPS) is 19.3. The lowest BCUT2D eigenvalue weighted by Crippen LogP contribution is -2.19. The van der Waals surface area contributed by atoms with Crippen molar-refractivity contribution in [1.82, 2.24) is 0 Å². The third-order valence-electron chi connectivity index (χ3n) is 4.03. The molecule has 0 atom stereocenters. The topological polar surface area (TPSA) is 38.0 Å². The predicted octanol–water partition coefficient (Wildman–Crippen LogP) is 3.40. The number of nitrogen functional groups attached to an aromatic ring is 1. The number of benzene rings is 1. The van der Waals surface area contributed by atoms with Crippen LogP contribution in [0.3, 0.4) is 0 Å². The van der Waals surface area contributed by atoms with E-state index in [4.69, 9.17) is 5.73 Å². The van der Waals surface area contributed by atoms with E-state index in [1.54, 1.807) is 0 Å². The molecular formula is C14H18F2N2. The zero-order chi connectivity index (χ0) is 12.7. The van der Waals surface area contributed by atoms with Crippen LogP contribution in [-0.4, -0.2) is 6.54 Å². The molecule has 0 aliphatic heterocycles. The number of hydrogen-bond donors (Lipinski definition) is 2. The molecule has 2 saturated carbocycles. The van der Waals surface area contributed by atoms with E-state index in [1.165, 1.54) is 25.7 Å². The summed E-state index contributed by atoms with van der Waals surface area (Å²) in [6.07, 6.45) is 5.09. The van der Waals surface area contributed by atoms with Gasteiger partial charge in [0, 0.05) is 12.2 Å². The lowest BCUT2D eigenvalue weighted by atomic mass is 9.98. The molecule has 1 aromatic carbocycles. The maximum atomic E-state index is 13.6. The van der Waals surface area contributed by atoms with E-state index in [2.05, 4.69) is 5.32 Å². The molecule has 98 valence electrons. The monoisotopic (exact) mass is 252 g/mol. The van der Waals surface area contributed by atoms with Gasteiger partial charge in [-0.15, -0.1) is 0 Å². The van der Waals surface area contributed by atoms with Crippen LogP contribution in [0.25, 0.3) is 0 Å². The summed E-state index contributed by atoms with van der Waals surface area (Å²) in [6.45, 7) is 0.674. The minimum Gasteiger partial charge on any atom is -0.399 e. The molecule has 0 saturated heterocycles. The minimum absolute atomic E-state index is 0.0319. The van der Waals surface area contributed by atoms with E-state index in [1.807, 2.05) is 0 Å². The van der Waals surface area contributed by atoms with Crippen molar-refractivity contribution in [2.45, 2.75) is 25.7 Å². The van der Waals surface area contributed by atoms with Crippen LogP contribution >= 0.6 is 0 Å². The van der Waals surface area contributed by atoms with Crippen LogP contribution in [0.5, 0.6) is 0 Å². The molecule has 0 spiro atoms. The van der Waals surface area contributed by atoms with Gasteiger partial charge in [-0.05, 0) is 55.6 Å². The summed E-state index contributed by atoms with van der Waals surface area (Å²) in [6, 6.07) is 2.32. The van der Waals surface area contributed by atoms with E-state index >= 15 is 0 Å². The summed E-state index contributed by atoms with van der Waals surface area (Å²) in [4.78, 5) is 0. The van der Waals surface area contributed by atoms with Crippen molar-refractivity contribution >= 4 is 11.4 Å². The van der Waals surface area contributed by atoms with Crippen LogP contribution in [-0.2, 0) is 0 Å². The summed E-state index contributed by atoms with van der Waals surface area (Å²) in [5.41, 5.74) is 5.48. The summed E-state index contributed by atoms with van der Waals surface area (Å²) in [5.74, 6) is 0.923. The summed E-state index contributed by atoms with van der Waals surface area (Å²) >= 11 is 0. The lowest BCUT2D eigenvalue weighted by Gasteiger charge is -2.18. The summed E-state index contributed by atoms with van der Waals surface area (Å²) in [7, 11) is 0. The second kappa shape index (κ2) is 4.41. The SMILES string of the molecule is Nc1cc(F)c(NCC(C2CC2)C2CC2)c(F)c1. The third-order valence-corrected chi connectivity index (χ3v) is 4.03. The smallest absolute Gasteiger partial charge is 0.151 e. The average molecular weight is 252 g/mol. The number of nitrogens with two attached hydrogens (primary N) is 1. The molecule has 0 bridgehead atoms. The number of halogens is 2. The largest absolute Gasteiger partial charge is 0.399 e. The Balaban J connectivity index is 1.68. The summed E-state index contributed by atoms with van der Waals surface area (Å²) < 4.78 is 27.2. The highest BCUT2D eigenvalue weighted by molar-refractivity contribution is 5.54. The van der Waals surface area contributed by atoms with E-state index in [0.29, 0.717) is 12.5 Å². The fourth-order valence-corrected chi connectivity index (χ4v) is 2.75. The molecule has 3 N–H and O–H groups in total. The Kier molecular flexibility index (Phi) is 2.88. The van der Waals surface area contributed by atoms with Gasteiger partial charge in [-0.1, -0.05) is 0 Å². The minimum atomic E-state index is -0.599. The number of rotatable bonds is 5. The van der Waals surface area contributed by atoms with Crippen LogP contribution in [0, 0.1) is 29.4 Å². The average Bonchev–Trinajstić information content (AvgIpc) is 3.12. The lowest BCUT2D eigenvalue weighted by molar-refractivity contribution is 0.426. The van der Waals surface area contributed by atoms with Gasteiger partial charge in [0.1, 0.15) is 5.69 Å². The first-order valence-electron chi connectivity index (χ1n) is 6.63. The molecule has 18 heavy (non-hydrogen) atoms. The molecule has 2 aliphatic carbocycles. The first kappa shape index (κ1) is 11.8. The van der Waals surface area contributed by atoms with Gasteiger partial charge in [-0.2, -0.15) is 0 Å². The summed E-state index contributed by atoms with van der Waals surface area (Å²) in [5, 5.41) is 2.95. The Labute approximate surface area is 106 Å². The van der Waals surface area contributed by atoms with Gasteiger partial charge < -0.3 is 11.1 Å². The zero-order valence-corrected chi connectivity index (χ0v) is 10.3. The molecule has 4 heteroatoms. The van der Waals surface area contributed by atoms with Crippen molar-refractivity contribution in [3.63, 3.8) is 0 Å². The van der Waals surface area contributed by atoms with E-state index in [9.17, 15) is 8.78 Å². The van der Waals surface area contributed by atoms with Crippen LogP contribution < -0.4 is 11.1 Å². The molecule has 0 radical (unpaired) electrons. The molecule has 2 fully saturated rings. The zero-order valence-electron chi connectivity index (χ0n) is 10.3. The van der Waals surface area contributed by atoms with E-state index in [0.717, 1.165) is 24.0 Å². The Morgan fingerprint density at radius 3 is 2.06 bits per heavy atom. The van der Waals surface area contributed by atoms with Gasteiger partial charge in [-0.3, -0.25) is 0 Å². The molecule has 1 aromatic rings. The predicted molar refractivity (Wildman–Crippen MR) is 68.2 cm³/mol. The standard InChI is InChI=1S/C14H18F2N2/c15-12-5-10(17)6-13(16)14(12)18-7-11(8-1-2-8)9-3-4-9/h5-6,8-9,11,18H,1-4,7,17H2. The molecule has 0 aromatic heterocycles. The van der Waals surface area contributed by atoms with E-state index in [-0.39, 0.29) is 11.4 Å². The number of anilines is 2. The van der Waals surface area contributed by atoms with E-state index < -0.39 is 11.6 Å². The Morgan fingerprint density at radius 1 is 1.11 bits per heavy atom. The highest BCUT2D eigenvalue weighted by atomic mass is 19.1. The fourth-order valence-electron chi connectivity index (χ4n) is 2.75. The van der Waals surface area contributed by atoms with Crippen molar-refractivity contribution in [3.8, 4) is 0 Å². The first-order chi connectivity index (χ1) is 8.65. The molecule has 2 nitrogen and oxygen atoms in total. The molecule has 3 rings (SSSR count). The Morgan fingerprint density at radius 2 is 1.61 bits per heavy atom. The van der Waals surface area contributed by atoms with Gasteiger partial charge in [0.05, 0.1) is 0 Å². The highest BCUT2D eigenvalue weighted by Crippen LogP contribution is 2.49. The molecule has 0 unspecified atom stereocenters. The van der Waals surface area contributed by atoms with Crippen molar-refractivity contribution in [3.05, 3.63) is 23.8 Å². The molecule has 0 heterocycles. The maximum Gasteiger partial charge on any atom is 0.151 e. The number of hydrogen-bond acceptors (Lipinski definition) is 2. The Bertz CT molecular complexity index is 418. The second-order valence-corrected chi connectivity index (χ2v) is 5.58. The molecule has 0 amide bonds. The van der Waals surface area contributed by atoms with Gasteiger partial charge in [0.2, 0.25) is 0 Å². The van der Waals surface area contributed by atoms with Gasteiger partial charge in [0.15, 0.2) is 11.6 Å². The van der Waals surface area contributed by atoms with Crippen molar-refractivity contribution in [2.75, 3.05) is 17.6 Å². The van der Waals surface area contributed by atoms with Crippen LogP contribution in [0.15, 0.2) is 12.1 Å². The first-order valence-corrected chi connectivity index (χ1v) is 6.63. The van der Waals surface area contributed by atoms with Crippen LogP contribution in [0.2, 0.25) is 0 Å². The van der Waals surface area contributed by atoms with Crippen molar-refractivity contribution in [2.24, 2.45) is 17.8 Å². The number of nitrogens with one attached hydrogen (secondary N) is 1. The van der Waals surface area contributed by atoms with Crippen LogP contribution in [0.4, 0.5) is 20.2 Å². The molecular weight excluding hydrogens is 234 g/mol. The van der Waals surface area contributed by atoms with Crippen LogP contribution in [0.1, 0.15) is 25.7 Å². The fraction of sp³-hybridized carbons (Fsp3) is 0.571. The molecule has 2 aliphatic rings. The third kappa shape index (κ3) is 2.42. The van der Waals surface area contributed by atoms with Gasteiger partial charge >= 0.3 is 0 Å². The van der Waals surface area contributed by atoms with Crippen molar-refractivity contribution in [1.29, 1.82) is 0 Å².